The van der Waals surface area contributed by atoms with E-state index in [0.717, 1.165) is 9.75 Å². The van der Waals surface area contributed by atoms with Gasteiger partial charge in [0, 0.05) is 11.4 Å². The number of pyridine rings is 1. The summed E-state index contributed by atoms with van der Waals surface area (Å²) in [5.41, 5.74) is 2.46. The highest BCUT2D eigenvalue weighted by atomic mass is 32.1. The zero-order valence-corrected chi connectivity index (χ0v) is 19.7. The molecule has 0 aliphatic rings. The third-order valence-corrected chi connectivity index (χ3v) is 6.25. The molecule has 1 N–H and O–H groups in total. The van der Waals surface area contributed by atoms with Gasteiger partial charge in [-0.15, -0.1) is 11.3 Å². The molecule has 9 heteroatoms. The van der Waals surface area contributed by atoms with Gasteiger partial charge in [0.15, 0.2) is 0 Å². The van der Waals surface area contributed by atoms with Crippen LogP contribution >= 0.6 is 11.3 Å². The molecule has 3 heterocycles. The van der Waals surface area contributed by atoms with Crippen LogP contribution in [0.5, 0.6) is 5.75 Å². The normalized spacial score (nSPS) is 10.9. The molecule has 1 aromatic carbocycles. The van der Waals surface area contributed by atoms with Gasteiger partial charge in [-0.05, 0) is 51.1 Å². The molecule has 170 valence electrons. The predicted octanol–water partition coefficient (Wildman–Crippen LogP) is 4.68. The number of methoxy groups -OCH3 is 1. The van der Waals surface area contributed by atoms with E-state index in [9.17, 15) is 9.59 Å². The van der Waals surface area contributed by atoms with Gasteiger partial charge in [-0.2, -0.15) is 0 Å². The van der Waals surface area contributed by atoms with Gasteiger partial charge in [-0.1, -0.05) is 17.3 Å². The van der Waals surface area contributed by atoms with Crippen molar-refractivity contribution in [2.45, 2.75) is 20.8 Å². The number of carbonyl (C=O) groups excluding carboxylic acids is 2. The zero-order valence-electron chi connectivity index (χ0n) is 18.8. The van der Waals surface area contributed by atoms with E-state index in [2.05, 4.69) is 15.5 Å². The van der Waals surface area contributed by atoms with Crippen LogP contribution in [0.2, 0.25) is 0 Å². The van der Waals surface area contributed by atoms with Crippen molar-refractivity contribution in [3.05, 3.63) is 58.6 Å². The van der Waals surface area contributed by atoms with Crippen LogP contribution in [0.25, 0.3) is 21.7 Å². The maximum absolute atomic E-state index is 13.6. The molecule has 0 atom stereocenters. The Morgan fingerprint density at radius 3 is 2.67 bits per heavy atom. The Morgan fingerprint density at radius 2 is 1.97 bits per heavy atom. The van der Waals surface area contributed by atoms with E-state index in [1.54, 1.807) is 42.5 Å². The molecule has 0 fully saturated rings. The number of hydrogen-bond acceptors (Lipinski definition) is 7. The molecule has 0 saturated heterocycles. The summed E-state index contributed by atoms with van der Waals surface area (Å²) in [5, 5.41) is 7.37. The molecule has 2 amide bonds. The molecule has 33 heavy (non-hydrogen) atoms. The van der Waals surface area contributed by atoms with E-state index in [1.807, 2.05) is 32.0 Å². The number of thiophene rings is 1. The molecule has 0 spiro atoms. The molecule has 8 nitrogen and oxygen atoms in total. The van der Waals surface area contributed by atoms with Crippen LogP contribution in [0.1, 0.15) is 27.9 Å². The van der Waals surface area contributed by atoms with Crippen molar-refractivity contribution in [3.8, 4) is 16.3 Å². The lowest BCUT2D eigenvalue weighted by molar-refractivity contribution is -0.116. The first kappa shape index (κ1) is 22.5. The quantitative estimate of drug-likeness (QED) is 0.427. The van der Waals surface area contributed by atoms with E-state index in [1.165, 1.54) is 12.0 Å². The van der Waals surface area contributed by atoms with E-state index < -0.39 is 0 Å². The summed E-state index contributed by atoms with van der Waals surface area (Å²) in [6, 6.07) is 12.8. The fourth-order valence-corrected chi connectivity index (χ4v) is 4.40. The van der Waals surface area contributed by atoms with Gasteiger partial charge >= 0.3 is 0 Å². The number of fused-ring (bicyclic) bond motifs is 1. The third kappa shape index (κ3) is 4.58. The van der Waals surface area contributed by atoms with E-state index in [4.69, 9.17) is 9.26 Å². The van der Waals surface area contributed by atoms with Gasteiger partial charge in [-0.25, -0.2) is 4.98 Å². The number of nitrogens with one attached hydrogen (secondary N) is 1. The number of rotatable bonds is 7. The van der Waals surface area contributed by atoms with Crippen molar-refractivity contribution in [1.29, 1.82) is 0 Å². The summed E-state index contributed by atoms with van der Waals surface area (Å²) < 4.78 is 10.7. The van der Waals surface area contributed by atoms with Crippen molar-refractivity contribution in [3.63, 3.8) is 0 Å². The third-order valence-electron chi connectivity index (χ3n) is 5.22. The Bertz CT molecular complexity index is 1330. The highest BCUT2D eigenvalue weighted by Gasteiger charge is 2.25. The summed E-state index contributed by atoms with van der Waals surface area (Å²) >= 11 is 1.58. The van der Waals surface area contributed by atoms with Gasteiger partial charge < -0.3 is 19.5 Å². The second kappa shape index (κ2) is 9.41. The van der Waals surface area contributed by atoms with Crippen molar-refractivity contribution in [2.24, 2.45) is 0 Å². The minimum absolute atomic E-state index is 0.116. The minimum atomic E-state index is -0.323. The summed E-state index contributed by atoms with van der Waals surface area (Å²) in [4.78, 5) is 34.4. The summed E-state index contributed by atoms with van der Waals surface area (Å²) in [5.74, 6) is -0.0657. The fraction of sp³-hybridized carbons (Fsp3) is 0.250. The molecule has 0 bridgehead atoms. The van der Waals surface area contributed by atoms with Crippen molar-refractivity contribution in [1.82, 2.24) is 15.0 Å². The molecular formula is C24H24N4O4S. The maximum atomic E-state index is 13.6. The molecule has 0 unspecified atom stereocenters. The van der Waals surface area contributed by atoms with E-state index >= 15 is 0 Å². The number of benzene rings is 1. The first-order valence-electron chi connectivity index (χ1n) is 10.5. The Kier molecular flexibility index (Phi) is 6.41. The molecule has 0 aliphatic carbocycles. The summed E-state index contributed by atoms with van der Waals surface area (Å²) in [6.45, 7) is 5.84. The monoisotopic (exact) mass is 464 g/mol. The Labute approximate surface area is 195 Å². The molecule has 0 radical (unpaired) electrons. The average molecular weight is 465 g/mol. The first-order chi connectivity index (χ1) is 15.9. The minimum Gasteiger partial charge on any atom is -0.495 e. The second-order valence-corrected chi connectivity index (χ2v) is 8.77. The number of aromatic nitrogens is 2. The van der Waals surface area contributed by atoms with Crippen LogP contribution < -0.4 is 10.1 Å². The topological polar surface area (TPSA) is 97.6 Å². The van der Waals surface area contributed by atoms with Gasteiger partial charge in [0.1, 0.15) is 12.3 Å². The largest absolute Gasteiger partial charge is 0.495 e. The number of aryl methyl sites for hydroxylation is 2. The summed E-state index contributed by atoms with van der Waals surface area (Å²) in [7, 11) is 1.54. The molecule has 4 aromatic rings. The van der Waals surface area contributed by atoms with Gasteiger partial charge in [0.05, 0.1) is 40.0 Å². The number of carbonyl (C=O) groups is 2. The van der Waals surface area contributed by atoms with Crippen molar-refractivity contribution in [2.75, 3.05) is 25.5 Å². The number of nitrogens with zero attached hydrogens (tertiary/aromatic N) is 3. The zero-order chi connectivity index (χ0) is 23.5. The second-order valence-electron chi connectivity index (χ2n) is 7.48. The molecule has 0 aliphatic heterocycles. The predicted molar refractivity (Wildman–Crippen MR) is 128 cm³/mol. The Balaban J connectivity index is 1.64. The van der Waals surface area contributed by atoms with Crippen LogP contribution in [-0.4, -0.2) is 47.1 Å². The van der Waals surface area contributed by atoms with Crippen molar-refractivity contribution >= 4 is 39.9 Å². The highest BCUT2D eigenvalue weighted by Crippen LogP contribution is 2.31. The molecule has 0 saturated carbocycles. The summed E-state index contributed by atoms with van der Waals surface area (Å²) in [6.07, 6.45) is 0. The molecular weight excluding hydrogens is 440 g/mol. The van der Waals surface area contributed by atoms with Crippen molar-refractivity contribution < 1.29 is 18.8 Å². The van der Waals surface area contributed by atoms with Crippen LogP contribution in [0.15, 0.2) is 47.0 Å². The van der Waals surface area contributed by atoms with Crippen LogP contribution in [0.3, 0.4) is 0 Å². The van der Waals surface area contributed by atoms with E-state index in [-0.39, 0.29) is 18.4 Å². The molecule has 4 rings (SSSR count). The van der Waals surface area contributed by atoms with Crippen LogP contribution in [0.4, 0.5) is 5.69 Å². The maximum Gasteiger partial charge on any atom is 0.259 e. The van der Waals surface area contributed by atoms with Gasteiger partial charge in [-0.3, -0.25) is 9.59 Å². The Hall–Kier alpha value is -3.72. The number of amides is 2. The van der Waals surface area contributed by atoms with Crippen LogP contribution in [-0.2, 0) is 4.79 Å². The smallest absolute Gasteiger partial charge is 0.259 e. The van der Waals surface area contributed by atoms with E-state index in [0.29, 0.717) is 46.0 Å². The number of anilines is 1. The van der Waals surface area contributed by atoms with Gasteiger partial charge in [0.25, 0.3) is 11.6 Å². The number of ether oxygens (including phenoxy) is 1. The average Bonchev–Trinajstić information content (AvgIpc) is 3.42. The number of hydrogen-bond donors (Lipinski definition) is 1. The lowest BCUT2D eigenvalue weighted by Gasteiger charge is -2.21. The molecule has 3 aromatic heterocycles. The van der Waals surface area contributed by atoms with Crippen LogP contribution in [0, 0.1) is 13.8 Å². The standard InChI is InChI=1S/C24H24N4O4S/c1-5-28(13-21(29)25-17-8-6-7-9-19(17)31-4)24(30)16-12-18(20-11-10-14(2)33-20)26-23-22(16)15(3)27-32-23/h6-12H,5,13H2,1-4H3,(H,25,29). The fourth-order valence-electron chi connectivity index (χ4n) is 3.57. The SMILES string of the molecule is CCN(CC(=O)Nc1ccccc1OC)C(=O)c1cc(-c2ccc(C)s2)nc2onc(C)c12. The number of para-hydroxylation sites is 2. The lowest BCUT2D eigenvalue weighted by atomic mass is 10.1. The first-order valence-corrected chi connectivity index (χ1v) is 11.3. The Morgan fingerprint density at radius 1 is 1.18 bits per heavy atom. The lowest BCUT2D eigenvalue weighted by Crippen LogP contribution is -2.38. The number of likely N-dealkylation sites (N-methyl/N-ethyl adjacent to an activating group) is 1. The van der Waals surface area contributed by atoms with Gasteiger partial charge in [0.2, 0.25) is 5.91 Å². The highest BCUT2D eigenvalue weighted by molar-refractivity contribution is 7.15.